The predicted molar refractivity (Wildman–Crippen MR) is 85.6 cm³/mol. The van der Waals surface area contributed by atoms with Crippen LogP contribution in [0.3, 0.4) is 0 Å². The molecule has 2 aromatic carbocycles. The Kier molecular flexibility index (Phi) is 5.81. The topological polar surface area (TPSA) is 18.5 Å². The second kappa shape index (κ2) is 7.61. The van der Waals surface area contributed by atoms with Gasteiger partial charge >= 0.3 is 0 Å². The van der Waals surface area contributed by atoms with Gasteiger partial charge in [-0.3, -0.25) is 0 Å². The van der Waals surface area contributed by atoms with E-state index >= 15 is 0 Å². The first-order valence-electron chi connectivity index (χ1n) is 6.72. The van der Waals surface area contributed by atoms with Crippen molar-refractivity contribution in [1.82, 2.24) is 0 Å². The van der Waals surface area contributed by atoms with Crippen molar-refractivity contribution in [3.05, 3.63) is 35.4 Å². The lowest BCUT2D eigenvalue weighted by Gasteiger charge is -2.13. The molecular weight excluding hydrogens is 295 g/mol. The van der Waals surface area contributed by atoms with E-state index in [9.17, 15) is 0 Å². The van der Waals surface area contributed by atoms with Gasteiger partial charge in [0, 0.05) is 22.7 Å². The maximum absolute atomic E-state index is 6.25. The van der Waals surface area contributed by atoms with Gasteiger partial charge in [0.2, 0.25) is 0 Å². The molecular formula is C16H18Cl2O2. The van der Waals surface area contributed by atoms with Gasteiger partial charge in [-0.25, -0.2) is 0 Å². The van der Waals surface area contributed by atoms with Crippen LogP contribution in [-0.2, 0) is 0 Å². The van der Waals surface area contributed by atoms with Crippen molar-refractivity contribution in [3.8, 4) is 11.5 Å². The normalized spacial score (nSPS) is 10.8. The highest BCUT2D eigenvalue weighted by Gasteiger charge is 2.11. The van der Waals surface area contributed by atoms with E-state index in [0.29, 0.717) is 23.3 Å². The second-order valence-electron chi connectivity index (χ2n) is 4.53. The molecule has 108 valence electrons. The second-order valence-corrected chi connectivity index (χ2v) is 5.32. The Morgan fingerprint density at radius 3 is 2.50 bits per heavy atom. The molecule has 2 rings (SSSR count). The minimum absolute atomic E-state index is 0.571. The predicted octanol–water partition coefficient (Wildman–Crippen LogP) is 5.29. The van der Waals surface area contributed by atoms with Crippen LogP contribution in [0.25, 0.3) is 10.8 Å². The Labute approximate surface area is 129 Å². The Bertz CT molecular complexity index is 570. The molecule has 2 aromatic rings. The number of ether oxygens (including phenoxy) is 2. The quantitative estimate of drug-likeness (QED) is 0.511. The molecule has 0 N–H and O–H groups in total. The van der Waals surface area contributed by atoms with Crippen LogP contribution in [0.5, 0.6) is 11.5 Å². The Hall–Kier alpha value is -1.12. The van der Waals surface area contributed by atoms with Crippen molar-refractivity contribution in [2.24, 2.45) is 0 Å². The van der Waals surface area contributed by atoms with Crippen LogP contribution in [0.1, 0.15) is 19.3 Å². The van der Waals surface area contributed by atoms with Crippen molar-refractivity contribution in [1.29, 1.82) is 0 Å². The monoisotopic (exact) mass is 312 g/mol. The molecule has 0 saturated carbocycles. The van der Waals surface area contributed by atoms with Crippen LogP contribution in [0.4, 0.5) is 0 Å². The third-order valence-corrected chi connectivity index (χ3v) is 3.70. The van der Waals surface area contributed by atoms with Gasteiger partial charge in [-0.1, -0.05) is 35.9 Å². The van der Waals surface area contributed by atoms with E-state index in [4.69, 9.17) is 32.7 Å². The van der Waals surface area contributed by atoms with Crippen molar-refractivity contribution < 1.29 is 9.47 Å². The summed E-state index contributed by atoms with van der Waals surface area (Å²) in [6.45, 7) is 0.670. The highest BCUT2D eigenvalue weighted by atomic mass is 35.5. The highest BCUT2D eigenvalue weighted by molar-refractivity contribution is 6.33. The van der Waals surface area contributed by atoms with Crippen LogP contribution >= 0.6 is 23.2 Å². The molecule has 0 aliphatic carbocycles. The molecule has 0 bridgehead atoms. The average Bonchev–Trinajstić information content (AvgIpc) is 2.47. The number of hydrogen-bond acceptors (Lipinski definition) is 2. The average molecular weight is 313 g/mol. The van der Waals surface area contributed by atoms with Crippen LogP contribution in [0, 0.1) is 0 Å². The maximum atomic E-state index is 6.25. The van der Waals surface area contributed by atoms with E-state index < -0.39 is 0 Å². The molecule has 2 nitrogen and oxygen atoms in total. The van der Waals surface area contributed by atoms with Crippen LogP contribution in [0.2, 0.25) is 5.02 Å². The number of hydrogen-bond donors (Lipinski definition) is 0. The fourth-order valence-electron chi connectivity index (χ4n) is 2.17. The standard InChI is InChI=1S/C16H18Cl2O2/c1-19-16-13-8-4-3-7-12(13)15(11-14(16)18)20-10-6-2-5-9-17/h3-4,7-8,11H,2,5-6,9-10H2,1H3. The lowest BCUT2D eigenvalue weighted by atomic mass is 10.1. The van der Waals surface area contributed by atoms with E-state index in [1.807, 2.05) is 30.3 Å². The zero-order chi connectivity index (χ0) is 14.4. The van der Waals surface area contributed by atoms with Gasteiger partial charge in [0.15, 0.2) is 0 Å². The van der Waals surface area contributed by atoms with Crippen molar-refractivity contribution in [3.63, 3.8) is 0 Å². The van der Waals surface area contributed by atoms with E-state index in [1.165, 1.54) is 0 Å². The van der Waals surface area contributed by atoms with E-state index in [0.717, 1.165) is 35.8 Å². The zero-order valence-electron chi connectivity index (χ0n) is 11.5. The smallest absolute Gasteiger partial charge is 0.145 e. The fraction of sp³-hybridized carbons (Fsp3) is 0.375. The van der Waals surface area contributed by atoms with Crippen molar-refractivity contribution in [2.45, 2.75) is 19.3 Å². The van der Waals surface area contributed by atoms with E-state index in [-0.39, 0.29) is 0 Å². The first-order valence-corrected chi connectivity index (χ1v) is 7.63. The molecule has 0 unspecified atom stereocenters. The highest BCUT2D eigenvalue weighted by Crippen LogP contribution is 2.39. The minimum Gasteiger partial charge on any atom is -0.495 e. The van der Waals surface area contributed by atoms with Gasteiger partial charge in [0.1, 0.15) is 11.5 Å². The molecule has 0 atom stereocenters. The Morgan fingerprint density at radius 2 is 1.80 bits per heavy atom. The lowest BCUT2D eigenvalue weighted by Crippen LogP contribution is -1.99. The first kappa shape index (κ1) is 15.3. The van der Waals surface area contributed by atoms with Gasteiger partial charge in [0.05, 0.1) is 18.7 Å². The maximum Gasteiger partial charge on any atom is 0.145 e. The molecule has 0 amide bonds. The Morgan fingerprint density at radius 1 is 1.05 bits per heavy atom. The largest absolute Gasteiger partial charge is 0.495 e. The Balaban J connectivity index is 2.21. The van der Waals surface area contributed by atoms with Crippen molar-refractivity contribution >= 4 is 34.0 Å². The van der Waals surface area contributed by atoms with E-state index in [1.54, 1.807) is 7.11 Å². The van der Waals surface area contributed by atoms with E-state index in [2.05, 4.69) is 0 Å². The van der Waals surface area contributed by atoms with Gasteiger partial charge in [-0.15, -0.1) is 11.6 Å². The van der Waals surface area contributed by atoms with Gasteiger partial charge in [-0.2, -0.15) is 0 Å². The van der Waals surface area contributed by atoms with Gasteiger partial charge < -0.3 is 9.47 Å². The summed E-state index contributed by atoms with van der Waals surface area (Å²) in [5, 5.41) is 2.56. The lowest BCUT2D eigenvalue weighted by molar-refractivity contribution is 0.309. The third-order valence-electron chi connectivity index (χ3n) is 3.15. The number of methoxy groups -OCH3 is 1. The molecule has 4 heteroatoms. The summed E-state index contributed by atoms with van der Waals surface area (Å²) in [6, 6.07) is 9.77. The first-order chi connectivity index (χ1) is 9.77. The number of alkyl halides is 1. The zero-order valence-corrected chi connectivity index (χ0v) is 13.0. The summed E-state index contributed by atoms with van der Waals surface area (Å²) in [7, 11) is 1.63. The summed E-state index contributed by atoms with van der Waals surface area (Å²) in [4.78, 5) is 0. The van der Waals surface area contributed by atoms with Crippen LogP contribution in [-0.4, -0.2) is 19.6 Å². The third kappa shape index (κ3) is 3.50. The molecule has 0 aromatic heterocycles. The number of halogens is 2. The van der Waals surface area contributed by atoms with Crippen LogP contribution < -0.4 is 9.47 Å². The molecule has 0 aliphatic rings. The minimum atomic E-state index is 0.571. The van der Waals surface area contributed by atoms with Crippen molar-refractivity contribution in [2.75, 3.05) is 19.6 Å². The van der Waals surface area contributed by atoms with Gasteiger partial charge in [-0.05, 0) is 19.3 Å². The summed E-state index contributed by atoms with van der Waals surface area (Å²) in [5.74, 6) is 2.20. The van der Waals surface area contributed by atoms with Gasteiger partial charge in [0.25, 0.3) is 0 Å². The summed E-state index contributed by atoms with van der Waals surface area (Å²) in [5.41, 5.74) is 0. The summed E-state index contributed by atoms with van der Waals surface area (Å²) < 4.78 is 11.2. The summed E-state index contributed by atoms with van der Waals surface area (Å²) in [6.07, 6.45) is 3.09. The number of benzene rings is 2. The summed E-state index contributed by atoms with van der Waals surface area (Å²) >= 11 is 11.9. The molecule has 0 saturated heterocycles. The SMILES string of the molecule is COc1c(Cl)cc(OCCCCCCl)c2ccccc12. The number of unbranched alkanes of at least 4 members (excludes halogenated alkanes) is 2. The molecule has 0 aliphatic heterocycles. The number of fused-ring (bicyclic) bond motifs is 1. The fourth-order valence-corrected chi connectivity index (χ4v) is 2.63. The molecule has 0 radical (unpaired) electrons. The molecule has 0 heterocycles. The molecule has 0 spiro atoms. The molecule has 20 heavy (non-hydrogen) atoms. The molecule has 0 fully saturated rings. The van der Waals surface area contributed by atoms with Crippen LogP contribution in [0.15, 0.2) is 30.3 Å². The number of rotatable bonds is 7.